The summed E-state index contributed by atoms with van der Waals surface area (Å²) in [6.45, 7) is 9.23. The van der Waals surface area contributed by atoms with Crippen molar-refractivity contribution in [2.75, 3.05) is 13.1 Å². The van der Waals surface area contributed by atoms with Gasteiger partial charge in [0.15, 0.2) is 5.82 Å². The van der Waals surface area contributed by atoms with Crippen molar-refractivity contribution in [2.45, 2.75) is 52.1 Å². The highest BCUT2D eigenvalue weighted by Crippen LogP contribution is 2.45. The normalized spacial score (nSPS) is 25.6. The fraction of sp³-hybridized carbons (Fsp3) is 0.800. The summed E-state index contributed by atoms with van der Waals surface area (Å²) < 4.78 is 10.6. The Labute approximate surface area is 124 Å². The molecule has 0 spiro atoms. The Morgan fingerprint density at radius 2 is 2.10 bits per heavy atom. The fourth-order valence-corrected chi connectivity index (χ4v) is 2.60. The maximum absolute atomic E-state index is 11.8. The Kier molecular flexibility index (Phi) is 3.42. The molecule has 6 heteroatoms. The third-order valence-electron chi connectivity index (χ3n) is 4.00. The number of hydrogen-bond acceptors (Lipinski definition) is 5. The van der Waals surface area contributed by atoms with Gasteiger partial charge in [-0.25, -0.2) is 4.79 Å². The van der Waals surface area contributed by atoms with E-state index in [0.717, 1.165) is 18.7 Å². The lowest BCUT2D eigenvalue weighted by atomic mass is 9.97. The molecule has 0 bridgehead atoms. The fourth-order valence-electron chi connectivity index (χ4n) is 2.60. The first-order chi connectivity index (χ1) is 9.82. The van der Waals surface area contributed by atoms with Crippen LogP contribution in [0, 0.1) is 11.8 Å². The summed E-state index contributed by atoms with van der Waals surface area (Å²) in [5.41, 5.74) is -0.440. The van der Waals surface area contributed by atoms with E-state index in [4.69, 9.17) is 9.26 Å². The van der Waals surface area contributed by atoms with Crippen molar-refractivity contribution in [3.8, 4) is 0 Å². The van der Waals surface area contributed by atoms with Crippen LogP contribution in [0.2, 0.25) is 0 Å². The van der Waals surface area contributed by atoms with Crippen molar-refractivity contribution in [2.24, 2.45) is 11.8 Å². The molecule has 0 radical (unpaired) electrons. The number of rotatable bonds is 3. The molecule has 1 aliphatic heterocycles. The van der Waals surface area contributed by atoms with Crippen molar-refractivity contribution in [1.82, 2.24) is 15.0 Å². The number of likely N-dealkylation sites (tertiary alicyclic amines) is 1. The lowest BCUT2D eigenvalue weighted by Crippen LogP contribution is -2.52. The SMILES string of the molecule is CC1CC1c1noc(CC2CN(C(=O)OC(C)(C)C)C2)n1. The van der Waals surface area contributed by atoms with Crippen LogP contribution in [0.1, 0.15) is 51.7 Å². The molecule has 1 aromatic rings. The second-order valence-corrected chi connectivity index (χ2v) is 7.32. The average Bonchev–Trinajstić information content (AvgIpc) is 2.85. The summed E-state index contributed by atoms with van der Waals surface area (Å²) in [5.74, 6) is 3.10. The second-order valence-electron chi connectivity index (χ2n) is 7.32. The summed E-state index contributed by atoms with van der Waals surface area (Å²) >= 11 is 0. The van der Waals surface area contributed by atoms with E-state index in [1.165, 1.54) is 0 Å². The summed E-state index contributed by atoms with van der Waals surface area (Å²) in [6, 6.07) is 0. The molecule has 1 amide bonds. The Morgan fingerprint density at radius 1 is 1.43 bits per heavy atom. The Balaban J connectivity index is 1.44. The lowest BCUT2D eigenvalue weighted by molar-refractivity contribution is -0.00186. The molecule has 1 aliphatic carbocycles. The molecule has 2 atom stereocenters. The van der Waals surface area contributed by atoms with E-state index in [-0.39, 0.29) is 6.09 Å². The maximum Gasteiger partial charge on any atom is 0.410 e. The van der Waals surface area contributed by atoms with Gasteiger partial charge in [0.2, 0.25) is 5.89 Å². The highest BCUT2D eigenvalue weighted by atomic mass is 16.6. The van der Waals surface area contributed by atoms with Crippen LogP contribution in [0.15, 0.2) is 4.52 Å². The number of aromatic nitrogens is 2. The van der Waals surface area contributed by atoms with Crippen molar-refractivity contribution >= 4 is 6.09 Å². The molecule has 1 aromatic heterocycles. The van der Waals surface area contributed by atoms with Gasteiger partial charge in [0, 0.05) is 31.3 Å². The van der Waals surface area contributed by atoms with E-state index in [0.29, 0.717) is 36.7 Å². The number of ether oxygens (including phenoxy) is 1. The van der Waals surface area contributed by atoms with Gasteiger partial charge in [0.25, 0.3) is 0 Å². The van der Waals surface area contributed by atoms with Gasteiger partial charge >= 0.3 is 6.09 Å². The van der Waals surface area contributed by atoms with Crippen molar-refractivity contribution < 1.29 is 14.1 Å². The molecule has 2 fully saturated rings. The summed E-state index contributed by atoms with van der Waals surface area (Å²) in [6.07, 6.45) is 1.67. The Morgan fingerprint density at radius 3 is 2.67 bits per heavy atom. The van der Waals surface area contributed by atoms with Crippen LogP contribution >= 0.6 is 0 Å². The van der Waals surface area contributed by atoms with Crippen LogP contribution in [0.3, 0.4) is 0 Å². The number of carbonyl (C=O) groups is 1. The quantitative estimate of drug-likeness (QED) is 0.857. The lowest BCUT2D eigenvalue weighted by Gasteiger charge is -2.39. The minimum atomic E-state index is -0.440. The Hall–Kier alpha value is -1.59. The van der Waals surface area contributed by atoms with Crippen LogP contribution in [-0.2, 0) is 11.2 Å². The van der Waals surface area contributed by atoms with E-state index >= 15 is 0 Å². The molecular weight excluding hydrogens is 270 g/mol. The van der Waals surface area contributed by atoms with E-state index in [1.54, 1.807) is 4.90 Å². The minimum Gasteiger partial charge on any atom is -0.444 e. The van der Waals surface area contributed by atoms with Crippen LogP contribution in [0.5, 0.6) is 0 Å². The first kappa shape index (κ1) is 14.4. The smallest absolute Gasteiger partial charge is 0.410 e. The van der Waals surface area contributed by atoms with Crippen molar-refractivity contribution in [3.05, 3.63) is 11.7 Å². The molecule has 2 heterocycles. The molecular formula is C15H23N3O3. The molecule has 2 aliphatic rings. The third-order valence-corrected chi connectivity index (χ3v) is 4.00. The van der Waals surface area contributed by atoms with Crippen molar-refractivity contribution in [3.63, 3.8) is 0 Å². The number of carbonyl (C=O) groups excluding carboxylic acids is 1. The molecule has 0 N–H and O–H groups in total. The third kappa shape index (κ3) is 3.36. The summed E-state index contributed by atoms with van der Waals surface area (Å²) in [5, 5.41) is 4.05. The number of amides is 1. The monoisotopic (exact) mass is 293 g/mol. The van der Waals surface area contributed by atoms with E-state index < -0.39 is 5.60 Å². The van der Waals surface area contributed by atoms with Gasteiger partial charge in [0.1, 0.15) is 5.60 Å². The predicted octanol–water partition coefficient (Wildman–Crippen LogP) is 2.60. The number of hydrogen-bond donors (Lipinski definition) is 0. The maximum atomic E-state index is 11.8. The standard InChI is InChI=1S/C15H23N3O3/c1-9-5-11(9)13-16-12(21-17-13)6-10-7-18(8-10)14(19)20-15(2,3)4/h9-11H,5-8H2,1-4H3. The topological polar surface area (TPSA) is 68.5 Å². The van der Waals surface area contributed by atoms with E-state index in [1.807, 2.05) is 20.8 Å². The first-order valence-corrected chi connectivity index (χ1v) is 7.62. The molecule has 1 saturated heterocycles. The molecule has 1 saturated carbocycles. The van der Waals surface area contributed by atoms with Gasteiger partial charge in [-0.2, -0.15) is 4.98 Å². The molecule has 0 aromatic carbocycles. The number of nitrogens with zero attached hydrogens (tertiary/aromatic N) is 3. The van der Waals surface area contributed by atoms with Crippen LogP contribution in [0.4, 0.5) is 4.79 Å². The largest absolute Gasteiger partial charge is 0.444 e. The van der Waals surface area contributed by atoms with Crippen LogP contribution in [-0.4, -0.2) is 39.8 Å². The predicted molar refractivity (Wildman–Crippen MR) is 75.8 cm³/mol. The van der Waals surface area contributed by atoms with Gasteiger partial charge in [0.05, 0.1) is 0 Å². The summed E-state index contributed by atoms with van der Waals surface area (Å²) in [7, 11) is 0. The minimum absolute atomic E-state index is 0.239. The van der Waals surface area contributed by atoms with Gasteiger partial charge in [-0.15, -0.1) is 0 Å². The van der Waals surface area contributed by atoms with E-state index in [9.17, 15) is 4.79 Å². The second kappa shape index (κ2) is 5.00. The molecule has 3 rings (SSSR count). The zero-order valence-electron chi connectivity index (χ0n) is 13.1. The van der Waals surface area contributed by atoms with Crippen molar-refractivity contribution in [1.29, 1.82) is 0 Å². The first-order valence-electron chi connectivity index (χ1n) is 7.62. The zero-order valence-corrected chi connectivity index (χ0v) is 13.1. The van der Waals surface area contributed by atoms with Gasteiger partial charge in [-0.05, 0) is 33.1 Å². The van der Waals surface area contributed by atoms with Gasteiger partial charge in [-0.1, -0.05) is 12.1 Å². The highest BCUT2D eigenvalue weighted by molar-refractivity contribution is 5.69. The molecule has 6 nitrogen and oxygen atoms in total. The zero-order chi connectivity index (χ0) is 15.2. The average molecular weight is 293 g/mol. The molecule has 21 heavy (non-hydrogen) atoms. The molecule has 2 unspecified atom stereocenters. The van der Waals surface area contributed by atoms with Gasteiger partial charge in [-0.3, -0.25) is 0 Å². The van der Waals surface area contributed by atoms with E-state index in [2.05, 4.69) is 17.1 Å². The van der Waals surface area contributed by atoms with Crippen LogP contribution in [0.25, 0.3) is 0 Å². The summed E-state index contributed by atoms with van der Waals surface area (Å²) in [4.78, 5) is 18.0. The highest BCUT2D eigenvalue weighted by Gasteiger charge is 2.39. The Bertz CT molecular complexity index is 529. The van der Waals surface area contributed by atoms with Gasteiger partial charge < -0.3 is 14.2 Å². The van der Waals surface area contributed by atoms with Crippen LogP contribution < -0.4 is 0 Å². The molecule has 116 valence electrons.